The first kappa shape index (κ1) is 19.9. The quantitative estimate of drug-likeness (QED) is 0.430. The molecule has 0 amide bonds. The highest BCUT2D eigenvalue weighted by molar-refractivity contribution is 5.72. The summed E-state index contributed by atoms with van der Waals surface area (Å²) >= 11 is 0. The molecule has 0 aliphatic heterocycles. The van der Waals surface area contributed by atoms with Crippen molar-refractivity contribution in [1.29, 1.82) is 0 Å². The predicted octanol–water partition coefficient (Wildman–Crippen LogP) is 1.94. The molecule has 9 nitrogen and oxygen atoms in total. The van der Waals surface area contributed by atoms with Crippen LogP contribution in [0.4, 0.5) is 0 Å². The number of fused-ring (bicyclic) bond motifs is 1. The first-order valence-electron chi connectivity index (χ1n) is 10.2. The van der Waals surface area contributed by atoms with Gasteiger partial charge in [-0.15, -0.1) is 0 Å². The minimum atomic E-state index is -0.197. The normalized spacial score (nSPS) is 11.3. The Morgan fingerprint density at radius 2 is 1.62 bits per heavy atom. The molecule has 0 saturated carbocycles. The highest BCUT2D eigenvalue weighted by atomic mass is 16.1. The minimum absolute atomic E-state index is 0.197. The highest BCUT2D eigenvalue weighted by Crippen LogP contribution is 2.17. The molecule has 0 aliphatic rings. The van der Waals surface area contributed by atoms with Crippen LogP contribution in [0.15, 0.2) is 78.4 Å². The van der Waals surface area contributed by atoms with Crippen LogP contribution in [0.3, 0.4) is 0 Å². The lowest BCUT2D eigenvalue weighted by Crippen LogP contribution is -2.20. The van der Waals surface area contributed by atoms with E-state index >= 15 is 0 Å². The standard InChI is InChI=1S/C23H22N8O/c1-25-13-20-26-9-10-29(20)17-5-7-18(8-6-17)31-15-28-22-21(23(31)32)30(14-27-22)19-4-2-3-16(11-19)12-24/h2-11,14-15,25H,12-13,24H2,1H3. The topological polar surface area (TPSA) is 109 Å². The SMILES string of the molecule is CNCc1nccn1-c1ccc(-n2cnc3ncn(-c4cccc(CN)c4)c3c2=O)cc1. The van der Waals surface area contributed by atoms with E-state index in [4.69, 9.17) is 5.73 Å². The molecule has 0 atom stereocenters. The van der Waals surface area contributed by atoms with Gasteiger partial charge in [-0.2, -0.15) is 0 Å². The molecule has 2 aromatic carbocycles. The third-order valence-corrected chi connectivity index (χ3v) is 5.35. The van der Waals surface area contributed by atoms with Crippen molar-refractivity contribution in [2.45, 2.75) is 13.1 Å². The molecule has 3 heterocycles. The zero-order valence-corrected chi connectivity index (χ0v) is 17.5. The summed E-state index contributed by atoms with van der Waals surface area (Å²) in [6.45, 7) is 1.08. The van der Waals surface area contributed by atoms with E-state index in [1.54, 1.807) is 17.1 Å². The summed E-state index contributed by atoms with van der Waals surface area (Å²) in [5.41, 5.74) is 9.86. The number of rotatable bonds is 6. The fourth-order valence-electron chi connectivity index (χ4n) is 3.76. The Kier molecular flexibility index (Phi) is 5.10. The van der Waals surface area contributed by atoms with Crippen LogP contribution in [0, 0.1) is 0 Å². The number of hydrogen-bond donors (Lipinski definition) is 2. The summed E-state index contributed by atoms with van der Waals surface area (Å²) in [6, 6.07) is 15.4. The van der Waals surface area contributed by atoms with E-state index in [2.05, 4.69) is 20.3 Å². The number of imidazole rings is 2. The predicted molar refractivity (Wildman–Crippen MR) is 122 cm³/mol. The van der Waals surface area contributed by atoms with Crippen LogP contribution >= 0.6 is 0 Å². The zero-order valence-electron chi connectivity index (χ0n) is 17.5. The van der Waals surface area contributed by atoms with E-state index in [0.717, 1.165) is 22.8 Å². The van der Waals surface area contributed by atoms with Crippen molar-refractivity contribution in [2.75, 3.05) is 7.05 Å². The Labute approximate surface area is 183 Å². The van der Waals surface area contributed by atoms with Gasteiger partial charge in [-0.3, -0.25) is 13.9 Å². The molecule has 9 heteroatoms. The molecule has 0 unspecified atom stereocenters. The molecular formula is C23H22N8O. The smallest absolute Gasteiger partial charge is 0.284 e. The van der Waals surface area contributed by atoms with E-state index in [1.165, 1.54) is 10.9 Å². The third-order valence-electron chi connectivity index (χ3n) is 5.35. The van der Waals surface area contributed by atoms with E-state index < -0.39 is 0 Å². The average Bonchev–Trinajstić information content (AvgIpc) is 3.47. The van der Waals surface area contributed by atoms with Crippen molar-refractivity contribution in [2.24, 2.45) is 5.73 Å². The van der Waals surface area contributed by atoms with Gasteiger partial charge in [0, 0.05) is 30.3 Å². The molecule has 0 bridgehead atoms. The van der Waals surface area contributed by atoms with E-state index in [1.807, 2.05) is 66.3 Å². The van der Waals surface area contributed by atoms with Crippen molar-refractivity contribution in [3.05, 3.63) is 95.3 Å². The Hall–Kier alpha value is -4.08. The number of nitrogens with one attached hydrogen (secondary N) is 1. The summed E-state index contributed by atoms with van der Waals surface area (Å²) in [6.07, 6.45) is 6.81. The first-order valence-corrected chi connectivity index (χ1v) is 10.2. The molecule has 0 saturated heterocycles. The maximum absolute atomic E-state index is 13.4. The van der Waals surface area contributed by atoms with Gasteiger partial charge in [-0.05, 0) is 49.0 Å². The molecule has 0 aliphatic carbocycles. The van der Waals surface area contributed by atoms with Crippen LogP contribution in [0.25, 0.3) is 28.2 Å². The Morgan fingerprint density at radius 1 is 0.906 bits per heavy atom. The molecule has 3 N–H and O–H groups in total. The lowest BCUT2D eigenvalue weighted by molar-refractivity contribution is 0.742. The van der Waals surface area contributed by atoms with Crippen molar-refractivity contribution in [1.82, 2.24) is 34.0 Å². The summed E-state index contributed by atoms with van der Waals surface area (Å²) in [7, 11) is 1.88. The zero-order chi connectivity index (χ0) is 22.1. The third kappa shape index (κ3) is 3.39. The summed E-state index contributed by atoms with van der Waals surface area (Å²) in [5.74, 6) is 0.907. The van der Waals surface area contributed by atoms with Gasteiger partial charge in [0.25, 0.3) is 5.56 Å². The van der Waals surface area contributed by atoms with Gasteiger partial charge >= 0.3 is 0 Å². The lowest BCUT2D eigenvalue weighted by Gasteiger charge is -2.10. The fourth-order valence-corrected chi connectivity index (χ4v) is 3.76. The van der Waals surface area contributed by atoms with Gasteiger partial charge in [0.2, 0.25) is 0 Å². The van der Waals surface area contributed by atoms with Gasteiger partial charge in [0.15, 0.2) is 11.2 Å². The van der Waals surface area contributed by atoms with Crippen molar-refractivity contribution < 1.29 is 0 Å². The molecule has 3 aromatic heterocycles. The monoisotopic (exact) mass is 426 g/mol. The highest BCUT2D eigenvalue weighted by Gasteiger charge is 2.14. The second-order valence-corrected chi connectivity index (χ2v) is 7.34. The summed E-state index contributed by atoms with van der Waals surface area (Å²) in [5, 5.41) is 3.11. The fraction of sp³-hybridized carbons (Fsp3) is 0.130. The molecular weight excluding hydrogens is 404 g/mol. The van der Waals surface area contributed by atoms with Crippen LogP contribution in [-0.2, 0) is 13.1 Å². The first-order chi connectivity index (χ1) is 15.7. The van der Waals surface area contributed by atoms with Crippen LogP contribution in [0.5, 0.6) is 0 Å². The lowest BCUT2D eigenvalue weighted by atomic mass is 10.2. The molecule has 5 aromatic rings. The van der Waals surface area contributed by atoms with Gasteiger partial charge in [0.1, 0.15) is 18.5 Å². The van der Waals surface area contributed by atoms with Crippen LogP contribution in [0.1, 0.15) is 11.4 Å². The van der Waals surface area contributed by atoms with Crippen molar-refractivity contribution in [3.63, 3.8) is 0 Å². The Morgan fingerprint density at radius 3 is 2.34 bits per heavy atom. The summed E-state index contributed by atoms with van der Waals surface area (Å²) in [4.78, 5) is 26.5. The second-order valence-electron chi connectivity index (χ2n) is 7.34. The van der Waals surface area contributed by atoms with Crippen molar-refractivity contribution >= 4 is 11.2 Å². The second kappa shape index (κ2) is 8.22. The maximum atomic E-state index is 13.4. The molecule has 160 valence electrons. The number of nitrogens with two attached hydrogens (primary N) is 1. The van der Waals surface area contributed by atoms with Gasteiger partial charge < -0.3 is 15.6 Å². The van der Waals surface area contributed by atoms with Crippen molar-refractivity contribution in [3.8, 4) is 17.1 Å². The van der Waals surface area contributed by atoms with E-state index in [9.17, 15) is 4.79 Å². The largest absolute Gasteiger partial charge is 0.326 e. The van der Waals surface area contributed by atoms with Gasteiger partial charge in [-0.25, -0.2) is 15.0 Å². The molecule has 0 radical (unpaired) electrons. The summed E-state index contributed by atoms with van der Waals surface area (Å²) < 4.78 is 5.29. The van der Waals surface area contributed by atoms with Crippen LogP contribution < -0.4 is 16.6 Å². The van der Waals surface area contributed by atoms with Gasteiger partial charge in [0.05, 0.1) is 12.2 Å². The number of benzene rings is 2. The van der Waals surface area contributed by atoms with E-state index in [0.29, 0.717) is 29.9 Å². The molecule has 5 rings (SSSR count). The minimum Gasteiger partial charge on any atom is -0.326 e. The Balaban J connectivity index is 1.57. The number of hydrogen-bond acceptors (Lipinski definition) is 6. The van der Waals surface area contributed by atoms with Crippen LogP contribution in [0.2, 0.25) is 0 Å². The number of aromatic nitrogens is 6. The average molecular weight is 426 g/mol. The van der Waals surface area contributed by atoms with E-state index in [-0.39, 0.29) is 5.56 Å². The van der Waals surface area contributed by atoms with Gasteiger partial charge in [-0.1, -0.05) is 12.1 Å². The van der Waals surface area contributed by atoms with Crippen LogP contribution in [-0.4, -0.2) is 35.7 Å². The maximum Gasteiger partial charge on any atom is 0.284 e. The molecule has 0 spiro atoms. The number of nitrogens with zero attached hydrogens (tertiary/aromatic N) is 6. The molecule has 0 fully saturated rings. The molecule has 32 heavy (non-hydrogen) atoms. The Bertz CT molecular complexity index is 1450.